The van der Waals surface area contributed by atoms with Gasteiger partial charge < -0.3 is 4.98 Å². The number of fused-ring (bicyclic) bond motifs is 1. The van der Waals surface area contributed by atoms with E-state index in [1.54, 1.807) is 6.07 Å². The van der Waals surface area contributed by atoms with Crippen molar-refractivity contribution in [3.05, 3.63) is 88.3 Å². The first-order chi connectivity index (χ1) is 11.7. The van der Waals surface area contributed by atoms with Crippen LogP contribution in [0.1, 0.15) is 11.4 Å². The molecule has 0 bridgehead atoms. The van der Waals surface area contributed by atoms with Gasteiger partial charge in [0, 0.05) is 28.2 Å². The summed E-state index contributed by atoms with van der Waals surface area (Å²) in [6.45, 7) is 0. The van der Waals surface area contributed by atoms with Crippen LogP contribution >= 0.6 is 23.2 Å². The van der Waals surface area contributed by atoms with Crippen LogP contribution in [0.2, 0.25) is 10.0 Å². The van der Waals surface area contributed by atoms with Crippen molar-refractivity contribution in [3.8, 4) is 11.3 Å². The second kappa shape index (κ2) is 6.31. The topological polar surface area (TPSA) is 28.7 Å². The van der Waals surface area contributed by atoms with E-state index in [1.165, 1.54) is 16.3 Å². The number of hydrogen-bond acceptors (Lipinski definition) is 1. The molecule has 0 fully saturated rings. The lowest BCUT2D eigenvalue weighted by Gasteiger charge is -2.04. The number of rotatable bonds is 3. The molecule has 4 rings (SSSR count). The minimum absolute atomic E-state index is 0.608. The van der Waals surface area contributed by atoms with Crippen molar-refractivity contribution in [2.24, 2.45) is 0 Å². The molecule has 0 atom stereocenters. The highest BCUT2D eigenvalue weighted by atomic mass is 35.5. The first kappa shape index (κ1) is 15.3. The van der Waals surface area contributed by atoms with Crippen LogP contribution in [0.3, 0.4) is 0 Å². The lowest BCUT2D eigenvalue weighted by atomic mass is 10.0. The van der Waals surface area contributed by atoms with E-state index in [0.717, 1.165) is 23.5 Å². The second-order valence-corrected chi connectivity index (χ2v) is 6.58. The Kier molecular flexibility index (Phi) is 4.01. The molecule has 0 aliphatic carbocycles. The Balaban J connectivity index is 1.68. The maximum atomic E-state index is 6.08. The quantitative estimate of drug-likeness (QED) is 0.472. The van der Waals surface area contributed by atoms with E-state index in [-0.39, 0.29) is 0 Å². The molecule has 0 saturated heterocycles. The number of nitrogens with zero attached hydrogens (tertiary/aromatic N) is 1. The third kappa shape index (κ3) is 3.03. The van der Waals surface area contributed by atoms with Gasteiger partial charge in [-0.05, 0) is 34.5 Å². The molecule has 24 heavy (non-hydrogen) atoms. The standard InChI is InChI=1S/C20H14Cl2N2/c21-16-8-15(9-17(22)11-16)19-12-23-20(24-19)10-14-6-3-5-13-4-1-2-7-18(13)14/h1-9,11-12H,10H2,(H,23,24). The zero-order valence-corrected chi connectivity index (χ0v) is 14.3. The fraction of sp³-hybridized carbons (Fsp3) is 0.0500. The number of aromatic nitrogens is 2. The summed E-state index contributed by atoms with van der Waals surface area (Å²) in [5.41, 5.74) is 3.00. The largest absolute Gasteiger partial charge is 0.348 e. The number of aromatic amines is 1. The lowest BCUT2D eigenvalue weighted by molar-refractivity contribution is 1.04. The normalized spacial score (nSPS) is 11.1. The van der Waals surface area contributed by atoms with Crippen molar-refractivity contribution < 1.29 is 0 Å². The fourth-order valence-corrected chi connectivity index (χ4v) is 3.45. The number of hydrogen-bond donors (Lipinski definition) is 1. The average Bonchev–Trinajstić information content (AvgIpc) is 3.03. The number of nitrogens with one attached hydrogen (secondary N) is 1. The molecule has 0 radical (unpaired) electrons. The molecule has 1 heterocycles. The van der Waals surface area contributed by atoms with Gasteiger partial charge in [0.1, 0.15) is 5.82 Å². The molecule has 1 aromatic heterocycles. The summed E-state index contributed by atoms with van der Waals surface area (Å²) in [6.07, 6.45) is 2.64. The third-order valence-electron chi connectivity index (χ3n) is 4.03. The molecular formula is C20H14Cl2N2. The van der Waals surface area contributed by atoms with Crippen LogP contribution in [0, 0.1) is 0 Å². The van der Waals surface area contributed by atoms with Gasteiger partial charge in [-0.15, -0.1) is 0 Å². The highest BCUT2D eigenvalue weighted by Gasteiger charge is 2.08. The van der Waals surface area contributed by atoms with Crippen LogP contribution in [0.4, 0.5) is 0 Å². The molecule has 4 heteroatoms. The number of H-pyrrole nitrogens is 1. The van der Waals surface area contributed by atoms with Crippen LogP contribution in [0.25, 0.3) is 22.0 Å². The van der Waals surface area contributed by atoms with Crippen LogP contribution in [-0.4, -0.2) is 9.97 Å². The zero-order valence-electron chi connectivity index (χ0n) is 12.8. The maximum absolute atomic E-state index is 6.08. The Morgan fingerprint density at radius 1 is 0.875 bits per heavy atom. The van der Waals surface area contributed by atoms with Crippen molar-refractivity contribution in [2.45, 2.75) is 6.42 Å². The molecule has 2 nitrogen and oxygen atoms in total. The highest BCUT2D eigenvalue weighted by molar-refractivity contribution is 6.35. The van der Waals surface area contributed by atoms with Gasteiger partial charge in [0.25, 0.3) is 0 Å². The number of benzene rings is 3. The first-order valence-electron chi connectivity index (χ1n) is 7.66. The summed E-state index contributed by atoms with van der Waals surface area (Å²) in [6, 6.07) is 20.2. The van der Waals surface area contributed by atoms with Gasteiger partial charge in [-0.2, -0.15) is 0 Å². The van der Waals surface area contributed by atoms with E-state index < -0.39 is 0 Å². The van der Waals surface area contributed by atoms with Gasteiger partial charge in [0.2, 0.25) is 0 Å². The van der Waals surface area contributed by atoms with E-state index >= 15 is 0 Å². The molecule has 0 spiro atoms. The molecule has 0 aliphatic heterocycles. The Morgan fingerprint density at radius 3 is 2.46 bits per heavy atom. The molecule has 118 valence electrons. The Hall–Kier alpha value is -2.29. The second-order valence-electron chi connectivity index (χ2n) is 5.71. The van der Waals surface area contributed by atoms with E-state index in [1.807, 2.05) is 18.3 Å². The monoisotopic (exact) mass is 352 g/mol. The third-order valence-corrected chi connectivity index (χ3v) is 4.46. The smallest absolute Gasteiger partial charge is 0.111 e. The highest BCUT2D eigenvalue weighted by Crippen LogP contribution is 2.27. The summed E-state index contributed by atoms with van der Waals surface area (Å²) in [5.74, 6) is 0.914. The van der Waals surface area contributed by atoms with Gasteiger partial charge in [0.05, 0.1) is 5.69 Å². The fourth-order valence-electron chi connectivity index (χ4n) is 2.93. The molecule has 1 N–H and O–H groups in total. The van der Waals surface area contributed by atoms with Crippen LogP contribution in [0.5, 0.6) is 0 Å². The van der Waals surface area contributed by atoms with Crippen LogP contribution < -0.4 is 0 Å². The van der Waals surface area contributed by atoms with E-state index in [4.69, 9.17) is 28.2 Å². The maximum Gasteiger partial charge on any atom is 0.111 e. The van der Waals surface area contributed by atoms with Crippen molar-refractivity contribution in [2.75, 3.05) is 0 Å². The van der Waals surface area contributed by atoms with Crippen molar-refractivity contribution in [1.29, 1.82) is 0 Å². The number of imidazole rings is 1. The zero-order chi connectivity index (χ0) is 16.5. The van der Waals surface area contributed by atoms with Gasteiger partial charge in [-0.1, -0.05) is 65.7 Å². The van der Waals surface area contributed by atoms with Crippen molar-refractivity contribution in [3.63, 3.8) is 0 Å². The van der Waals surface area contributed by atoms with Crippen LogP contribution in [0.15, 0.2) is 66.9 Å². The predicted molar refractivity (Wildman–Crippen MR) is 101 cm³/mol. The Bertz CT molecular complexity index is 996. The molecule has 0 amide bonds. The summed E-state index contributed by atoms with van der Waals surface area (Å²) in [7, 11) is 0. The Labute approximate surface area is 150 Å². The summed E-state index contributed by atoms with van der Waals surface area (Å²) in [4.78, 5) is 7.95. The average molecular weight is 353 g/mol. The van der Waals surface area contributed by atoms with E-state index in [2.05, 4.69) is 47.4 Å². The molecular weight excluding hydrogens is 339 g/mol. The molecule has 0 saturated carbocycles. The minimum atomic E-state index is 0.608. The lowest BCUT2D eigenvalue weighted by Crippen LogP contribution is -1.92. The van der Waals surface area contributed by atoms with Crippen molar-refractivity contribution in [1.82, 2.24) is 9.97 Å². The summed E-state index contributed by atoms with van der Waals surface area (Å²) < 4.78 is 0. The SMILES string of the molecule is Clc1cc(Cl)cc(-c2c[nH]c(Cc3cccc4ccccc34)n2)c1. The first-order valence-corrected chi connectivity index (χ1v) is 8.42. The van der Waals surface area contributed by atoms with Crippen molar-refractivity contribution >= 4 is 34.0 Å². The van der Waals surface area contributed by atoms with Gasteiger partial charge >= 0.3 is 0 Å². The van der Waals surface area contributed by atoms with Gasteiger partial charge in [-0.25, -0.2) is 4.98 Å². The number of halogens is 2. The molecule has 0 unspecified atom stereocenters. The summed E-state index contributed by atoms with van der Waals surface area (Å²) >= 11 is 12.2. The summed E-state index contributed by atoms with van der Waals surface area (Å²) in [5, 5.41) is 3.71. The predicted octanol–water partition coefficient (Wildman–Crippen LogP) is 6.13. The van der Waals surface area contributed by atoms with Gasteiger partial charge in [-0.3, -0.25) is 0 Å². The molecule has 3 aromatic carbocycles. The van der Waals surface area contributed by atoms with E-state index in [0.29, 0.717) is 10.0 Å². The Morgan fingerprint density at radius 2 is 1.62 bits per heavy atom. The van der Waals surface area contributed by atoms with E-state index in [9.17, 15) is 0 Å². The molecule has 0 aliphatic rings. The minimum Gasteiger partial charge on any atom is -0.348 e. The van der Waals surface area contributed by atoms with Crippen LogP contribution in [-0.2, 0) is 6.42 Å². The van der Waals surface area contributed by atoms with Gasteiger partial charge in [0.15, 0.2) is 0 Å². The molecule has 4 aromatic rings.